The van der Waals surface area contributed by atoms with Gasteiger partial charge < -0.3 is 34.6 Å². The van der Waals surface area contributed by atoms with E-state index in [4.69, 9.17) is 14.2 Å². The maximum absolute atomic E-state index is 10.2. The second-order valence-electron chi connectivity index (χ2n) is 6.02. The molecule has 140 valence electrons. The molecule has 0 amide bonds. The third-order valence-electron chi connectivity index (χ3n) is 4.17. The van der Waals surface area contributed by atoms with E-state index in [1.165, 1.54) is 0 Å². The van der Waals surface area contributed by atoms with Gasteiger partial charge in [0, 0.05) is 5.56 Å². The number of benzene rings is 2. The Morgan fingerprint density at radius 2 is 1.46 bits per heavy atom. The summed E-state index contributed by atoms with van der Waals surface area (Å²) in [6, 6.07) is 16.0. The number of aliphatic hydroxyl groups excluding tert-OH is 4. The van der Waals surface area contributed by atoms with Crippen molar-refractivity contribution < 1.29 is 34.6 Å². The van der Waals surface area contributed by atoms with Crippen molar-refractivity contribution in [2.75, 3.05) is 0 Å². The van der Waals surface area contributed by atoms with Gasteiger partial charge in [0.15, 0.2) is 6.29 Å². The second kappa shape index (κ2) is 8.59. The fraction of sp³-hybridized carbons (Fsp3) is 0.368. The van der Waals surface area contributed by atoms with E-state index in [2.05, 4.69) is 0 Å². The number of ether oxygens (including phenoxy) is 3. The lowest BCUT2D eigenvalue weighted by Gasteiger charge is -2.40. The normalized spacial score (nSPS) is 28.7. The van der Waals surface area contributed by atoms with Crippen LogP contribution < -0.4 is 4.74 Å². The topological polar surface area (TPSA) is 109 Å². The van der Waals surface area contributed by atoms with E-state index in [0.717, 1.165) is 5.56 Å². The Hall–Kier alpha value is -2.00. The molecule has 2 aromatic carbocycles. The molecule has 0 aliphatic carbocycles. The van der Waals surface area contributed by atoms with Gasteiger partial charge in [0.05, 0.1) is 13.2 Å². The number of rotatable bonds is 6. The van der Waals surface area contributed by atoms with Crippen LogP contribution in [0.1, 0.15) is 11.1 Å². The molecule has 1 saturated heterocycles. The first-order chi connectivity index (χ1) is 12.6. The average Bonchev–Trinajstić information content (AvgIpc) is 2.68. The molecule has 7 nitrogen and oxygen atoms in total. The monoisotopic (exact) mass is 362 g/mol. The highest BCUT2D eigenvalue weighted by molar-refractivity contribution is 5.32. The molecule has 0 radical (unpaired) electrons. The van der Waals surface area contributed by atoms with E-state index in [0.29, 0.717) is 11.3 Å². The summed E-state index contributed by atoms with van der Waals surface area (Å²) in [5, 5.41) is 39.7. The fourth-order valence-corrected chi connectivity index (χ4v) is 2.68. The van der Waals surface area contributed by atoms with Crippen LogP contribution in [0.15, 0.2) is 54.6 Å². The summed E-state index contributed by atoms with van der Waals surface area (Å²) in [5.74, 6) is 0.310. The van der Waals surface area contributed by atoms with Gasteiger partial charge in [-0.1, -0.05) is 48.5 Å². The van der Waals surface area contributed by atoms with Crippen molar-refractivity contribution in [3.05, 3.63) is 65.7 Å². The summed E-state index contributed by atoms with van der Waals surface area (Å²) in [7, 11) is 0. The van der Waals surface area contributed by atoms with Crippen molar-refractivity contribution in [3.8, 4) is 5.75 Å². The van der Waals surface area contributed by atoms with E-state index < -0.39 is 30.9 Å². The molecule has 4 N–H and O–H groups in total. The van der Waals surface area contributed by atoms with Gasteiger partial charge in [-0.25, -0.2) is 0 Å². The molecule has 26 heavy (non-hydrogen) atoms. The molecule has 0 spiro atoms. The van der Waals surface area contributed by atoms with E-state index in [9.17, 15) is 20.4 Å². The summed E-state index contributed by atoms with van der Waals surface area (Å²) < 4.78 is 16.7. The van der Waals surface area contributed by atoms with Crippen LogP contribution in [-0.2, 0) is 22.7 Å². The summed E-state index contributed by atoms with van der Waals surface area (Å²) in [5.41, 5.74) is 1.37. The van der Waals surface area contributed by atoms with Crippen LogP contribution in [0, 0.1) is 0 Å². The number of aliphatic hydroxyl groups is 4. The SMILES string of the molecule is OCc1ccccc1O[C@@H]1O[C@H](OCc2ccccc2)[C@@H](O)[C@H](O)[C@H]1O. The van der Waals surface area contributed by atoms with Gasteiger partial charge >= 0.3 is 0 Å². The van der Waals surface area contributed by atoms with Crippen LogP contribution in [0.5, 0.6) is 5.75 Å². The third-order valence-corrected chi connectivity index (χ3v) is 4.17. The lowest BCUT2D eigenvalue weighted by molar-refractivity contribution is -0.335. The highest BCUT2D eigenvalue weighted by Crippen LogP contribution is 2.27. The fourth-order valence-electron chi connectivity index (χ4n) is 2.68. The Labute approximate surface area is 151 Å². The lowest BCUT2D eigenvalue weighted by atomic mass is 10.0. The van der Waals surface area contributed by atoms with Crippen molar-refractivity contribution in [1.82, 2.24) is 0 Å². The first-order valence-corrected chi connectivity index (χ1v) is 8.30. The van der Waals surface area contributed by atoms with Gasteiger partial charge in [-0.15, -0.1) is 0 Å². The summed E-state index contributed by atoms with van der Waals surface area (Å²) in [6.45, 7) is -0.0938. The zero-order valence-corrected chi connectivity index (χ0v) is 14.0. The molecule has 5 atom stereocenters. The van der Waals surface area contributed by atoms with Gasteiger partial charge in [0.25, 0.3) is 0 Å². The molecule has 7 heteroatoms. The Morgan fingerprint density at radius 1 is 0.808 bits per heavy atom. The van der Waals surface area contributed by atoms with Gasteiger partial charge in [-0.05, 0) is 11.6 Å². The molecule has 3 rings (SSSR count). The summed E-state index contributed by atoms with van der Waals surface area (Å²) in [4.78, 5) is 0. The van der Waals surface area contributed by atoms with Crippen LogP contribution in [-0.4, -0.2) is 51.3 Å². The predicted molar refractivity (Wildman–Crippen MR) is 90.9 cm³/mol. The van der Waals surface area contributed by atoms with E-state index >= 15 is 0 Å². The predicted octanol–water partition coefficient (Wildman–Crippen LogP) is 0.540. The molecule has 1 aliphatic heterocycles. The van der Waals surface area contributed by atoms with Crippen molar-refractivity contribution in [2.24, 2.45) is 0 Å². The molecule has 1 heterocycles. The van der Waals surface area contributed by atoms with E-state index in [1.807, 2.05) is 30.3 Å². The summed E-state index contributed by atoms with van der Waals surface area (Å²) in [6.07, 6.45) is -6.85. The lowest BCUT2D eigenvalue weighted by Crippen LogP contribution is -2.59. The molecular weight excluding hydrogens is 340 g/mol. The van der Waals surface area contributed by atoms with Crippen LogP contribution >= 0.6 is 0 Å². The zero-order valence-electron chi connectivity index (χ0n) is 14.0. The molecule has 0 aromatic heterocycles. The Bertz CT molecular complexity index is 693. The third kappa shape index (κ3) is 4.21. The standard InChI is InChI=1S/C19H22O7/c20-10-13-8-4-5-9-14(13)25-19-17(23)15(21)16(22)18(26-19)24-11-12-6-2-1-3-7-12/h1-9,15-23H,10-11H2/t15-,16-,17+,18-,19+/m0/s1. The van der Waals surface area contributed by atoms with Gasteiger partial charge in [-0.3, -0.25) is 0 Å². The van der Waals surface area contributed by atoms with Crippen LogP contribution in [0.3, 0.4) is 0 Å². The molecule has 0 unspecified atom stereocenters. The minimum atomic E-state index is -1.50. The Kier molecular flexibility index (Phi) is 6.20. The van der Waals surface area contributed by atoms with Crippen LogP contribution in [0.25, 0.3) is 0 Å². The largest absolute Gasteiger partial charge is 0.462 e. The molecule has 2 aromatic rings. The quantitative estimate of drug-likeness (QED) is 0.594. The number of para-hydroxylation sites is 1. The van der Waals surface area contributed by atoms with E-state index in [1.54, 1.807) is 24.3 Å². The second-order valence-corrected chi connectivity index (χ2v) is 6.02. The van der Waals surface area contributed by atoms with Crippen molar-refractivity contribution >= 4 is 0 Å². The van der Waals surface area contributed by atoms with Gasteiger partial charge in [-0.2, -0.15) is 0 Å². The Morgan fingerprint density at radius 3 is 2.19 bits per heavy atom. The number of hydrogen-bond acceptors (Lipinski definition) is 7. The molecular formula is C19H22O7. The highest BCUT2D eigenvalue weighted by Gasteiger charge is 2.45. The summed E-state index contributed by atoms with van der Waals surface area (Å²) >= 11 is 0. The van der Waals surface area contributed by atoms with Crippen LogP contribution in [0.4, 0.5) is 0 Å². The highest BCUT2D eigenvalue weighted by atomic mass is 16.8. The van der Waals surface area contributed by atoms with Gasteiger partial charge in [0.2, 0.25) is 6.29 Å². The number of hydrogen-bond donors (Lipinski definition) is 4. The van der Waals surface area contributed by atoms with E-state index in [-0.39, 0.29) is 13.2 Å². The van der Waals surface area contributed by atoms with Crippen LogP contribution in [0.2, 0.25) is 0 Å². The minimum absolute atomic E-state index is 0.158. The zero-order chi connectivity index (χ0) is 18.5. The maximum atomic E-state index is 10.2. The Balaban J connectivity index is 1.69. The minimum Gasteiger partial charge on any atom is -0.462 e. The molecule has 1 aliphatic rings. The molecule has 0 saturated carbocycles. The smallest absolute Gasteiger partial charge is 0.231 e. The molecule has 1 fully saturated rings. The van der Waals surface area contributed by atoms with Crippen molar-refractivity contribution in [1.29, 1.82) is 0 Å². The van der Waals surface area contributed by atoms with Crippen molar-refractivity contribution in [2.45, 2.75) is 44.1 Å². The average molecular weight is 362 g/mol. The maximum Gasteiger partial charge on any atom is 0.231 e. The van der Waals surface area contributed by atoms with Gasteiger partial charge in [0.1, 0.15) is 24.1 Å². The molecule has 0 bridgehead atoms. The van der Waals surface area contributed by atoms with Crippen molar-refractivity contribution in [3.63, 3.8) is 0 Å². The first kappa shape index (κ1) is 18.8. The first-order valence-electron chi connectivity index (χ1n) is 8.30.